The predicted octanol–water partition coefficient (Wildman–Crippen LogP) is 1.17. The maximum atomic E-state index is 12.3. The van der Waals surface area contributed by atoms with E-state index in [0.717, 1.165) is 37.0 Å². The molecule has 0 aromatic rings. The van der Waals surface area contributed by atoms with E-state index in [4.69, 9.17) is 5.73 Å². The lowest BCUT2D eigenvalue weighted by atomic mass is 9.53. The zero-order chi connectivity index (χ0) is 15.9. The van der Waals surface area contributed by atoms with Crippen LogP contribution < -0.4 is 16.4 Å². The first-order valence-electron chi connectivity index (χ1n) is 8.71. The average Bonchev–Trinajstić information content (AvgIpc) is 2.41. The number of hydrogen-bond acceptors (Lipinski definition) is 3. The summed E-state index contributed by atoms with van der Waals surface area (Å²) in [4.78, 5) is 24.1. The number of carbonyl (C=O) groups excluding carboxylic acids is 2. The van der Waals surface area contributed by atoms with Crippen molar-refractivity contribution in [3.05, 3.63) is 0 Å². The molecule has 5 heteroatoms. The normalized spacial score (nSPS) is 37.2. The van der Waals surface area contributed by atoms with Crippen LogP contribution in [0, 0.1) is 23.7 Å². The molecule has 0 spiro atoms. The predicted molar refractivity (Wildman–Crippen MR) is 84.9 cm³/mol. The topological polar surface area (TPSA) is 84.2 Å². The molecule has 4 saturated carbocycles. The highest BCUT2D eigenvalue weighted by molar-refractivity contribution is 5.87. The van der Waals surface area contributed by atoms with Gasteiger partial charge in [-0.25, -0.2) is 0 Å². The molecule has 5 nitrogen and oxygen atoms in total. The Labute approximate surface area is 132 Å². The zero-order valence-electron chi connectivity index (χ0n) is 13.7. The van der Waals surface area contributed by atoms with E-state index in [9.17, 15) is 9.59 Å². The van der Waals surface area contributed by atoms with Crippen LogP contribution in [0.2, 0.25) is 0 Å². The number of nitrogens with one attached hydrogen (secondary N) is 2. The van der Waals surface area contributed by atoms with Crippen molar-refractivity contribution in [2.24, 2.45) is 29.4 Å². The van der Waals surface area contributed by atoms with Gasteiger partial charge in [0.25, 0.3) is 0 Å². The molecule has 2 amide bonds. The van der Waals surface area contributed by atoms with E-state index < -0.39 is 6.04 Å². The third-order valence-electron chi connectivity index (χ3n) is 5.89. The number of carbonyl (C=O) groups is 2. The van der Waals surface area contributed by atoms with Crippen molar-refractivity contribution in [3.8, 4) is 0 Å². The fraction of sp³-hybridized carbons (Fsp3) is 0.882. The molecule has 4 N–H and O–H groups in total. The van der Waals surface area contributed by atoms with E-state index >= 15 is 0 Å². The van der Waals surface area contributed by atoms with E-state index in [1.165, 1.54) is 19.3 Å². The van der Waals surface area contributed by atoms with Crippen molar-refractivity contribution in [1.29, 1.82) is 0 Å². The molecule has 4 fully saturated rings. The summed E-state index contributed by atoms with van der Waals surface area (Å²) in [5, 5.41) is 5.92. The monoisotopic (exact) mass is 307 g/mol. The Morgan fingerprint density at radius 2 is 1.59 bits per heavy atom. The summed E-state index contributed by atoms with van der Waals surface area (Å²) in [7, 11) is 0. The molecule has 0 aliphatic heterocycles. The van der Waals surface area contributed by atoms with E-state index in [-0.39, 0.29) is 29.8 Å². The van der Waals surface area contributed by atoms with Crippen LogP contribution in [0.3, 0.4) is 0 Å². The Morgan fingerprint density at radius 1 is 1.09 bits per heavy atom. The summed E-state index contributed by atoms with van der Waals surface area (Å²) in [5.41, 5.74) is 5.80. The second-order valence-corrected chi connectivity index (χ2v) is 8.23. The molecular weight excluding hydrogens is 278 g/mol. The smallest absolute Gasteiger partial charge is 0.239 e. The highest BCUT2D eigenvalue weighted by Gasteiger charge is 2.51. The Hall–Kier alpha value is -1.10. The van der Waals surface area contributed by atoms with Crippen LogP contribution in [-0.2, 0) is 9.59 Å². The van der Waals surface area contributed by atoms with E-state index in [1.54, 1.807) is 0 Å². The summed E-state index contributed by atoms with van der Waals surface area (Å²) < 4.78 is 0. The van der Waals surface area contributed by atoms with Crippen molar-refractivity contribution < 1.29 is 9.59 Å². The third-order valence-corrected chi connectivity index (χ3v) is 5.89. The lowest BCUT2D eigenvalue weighted by Crippen LogP contribution is -2.61. The van der Waals surface area contributed by atoms with Gasteiger partial charge in [-0.1, -0.05) is 13.8 Å². The van der Waals surface area contributed by atoms with Gasteiger partial charge in [-0.15, -0.1) is 0 Å². The fourth-order valence-electron chi connectivity index (χ4n) is 5.19. The van der Waals surface area contributed by atoms with Crippen molar-refractivity contribution >= 4 is 11.8 Å². The summed E-state index contributed by atoms with van der Waals surface area (Å²) >= 11 is 0. The van der Waals surface area contributed by atoms with Gasteiger partial charge < -0.3 is 16.4 Å². The molecule has 124 valence electrons. The van der Waals surface area contributed by atoms with E-state index in [2.05, 4.69) is 10.6 Å². The van der Waals surface area contributed by atoms with Crippen LogP contribution in [0.5, 0.6) is 0 Å². The van der Waals surface area contributed by atoms with Crippen molar-refractivity contribution in [2.45, 2.75) is 64.0 Å². The first-order chi connectivity index (χ1) is 10.4. The lowest BCUT2D eigenvalue weighted by molar-refractivity contribution is -0.130. The molecule has 4 bridgehead atoms. The van der Waals surface area contributed by atoms with Gasteiger partial charge >= 0.3 is 0 Å². The number of rotatable bonds is 5. The number of amides is 2. The van der Waals surface area contributed by atoms with Gasteiger partial charge in [0.1, 0.15) is 0 Å². The molecule has 22 heavy (non-hydrogen) atoms. The minimum atomic E-state index is -0.549. The molecule has 0 heterocycles. The minimum absolute atomic E-state index is 0.0106. The van der Waals surface area contributed by atoms with Gasteiger partial charge in [-0.3, -0.25) is 9.59 Å². The van der Waals surface area contributed by atoms with Gasteiger partial charge in [0, 0.05) is 5.54 Å². The summed E-state index contributed by atoms with van der Waals surface area (Å²) in [5.74, 6) is 2.18. The van der Waals surface area contributed by atoms with Crippen LogP contribution in [0.15, 0.2) is 0 Å². The quantitative estimate of drug-likeness (QED) is 0.713. The third kappa shape index (κ3) is 3.14. The van der Waals surface area contributed by atoms with Crippen LogP contribution in [-0.4, -0.2) is 29.9 Å². The maximum absolute atomic E-state index is 12.3. The first-order valence-corrected chi connectivity index (χ1v) is 8.71. The summed E-state index contributed by atoms with van der Waals surface area (Å²) in [6, 6.07) is -0.549. The van der Waals surface area contributed by atoms with E-state index in [1.807, 2.05) is 13.8 Å². The Morgan fingerprint density at radius 3 is 2.05 bits per heavy atom. The van der Waals surface area contributed by atoms with Gasteiger partial charge in [0.2, 0.25) is 11.8 Å². The average molecular weight is 307 g/mol. The van der Waals surface area contributed by atoms with Crippen molar-refractivity contribution in [3.63, 3.8) is 0 Å². The molecule has 4 aliphatic rings. The summed E-state index contributed by atoms with van der Waals surface area (Å²) in [6.07, 6.45) is 7.46. The molecule has 0 unspecified atom stereocenters. The second kappa shape index (κ2) is 5.84. The lowest BCUT2D eigenvalue weighted by Gasteiger charge is -2.56. The zero-order valence-corrected chi connectivity index (χ0v) is 13.7. The van der Waals surface area contributed by atoms with Crippen molar-refractivity contribution in [2.75, 3.05) is 6.54 Å². The fourth-order valence-corrected chi connectivity index (χ4v) is 5.19. The maximum Gasteiger partial charge on any atom is 0.239 e. The van der Waals surface area contributed by atoms with Gasteiger partial charge in [0.05, 0.1) is 12.6 Å². The number of nitrogens with two attached hydrogens (primary N) is 1. The molecule has 4 aliphatic carbocycles. The molecule has 0 saturated heterocycles. The van der Waals surface area contributed by atoms with Crippen LogP contribution in [0.1, 0.15) is 52.4 Å². The Balaban J connectivity index is 1.51. The standard InChI is InChI=1S/C17H29N3O2/c1-10(2)15(18)16(22)19-9-14(21)20-17-6-11-3-12(7-17)5-13(4-11)8-17/h10-13,15H,3-9,18H2,1-2H3,(H,19,22)(H,20,21)/t11?,12?,13?,15-,17?/m0/s1. The summed E-state index contributed by atoms with van der Waals surface area (Å²) in [6.45, 7) is 3.85. The largest absolute Gasteiger partial charge is 0.349 e. The molecule has 0 radical (unpaired) electrons. The first kappa shape index (κ1) is 15.8. The van der Waals surface area contributed by atoms with Crippen LogP contribution >= 0.6 is 0 Å². The van der Waals surface area contributed by atoms with Gasteiger partial charge in [-0.2, -0.15) is 0 Å². The van der Waals surface area contributed by atoms with Crippen LogP contribution in [0.25, 0.3) is 0 Å². The highest BCUT2D eigenvalue weighted by atomic mass is 16.2. The molecule has 0 aromatic carbocycles. The second-order valence-electron chi connectivity index (χ2n) is 8.23. The highest BCUT2D eigenvalue weighted by Crippen LogP contribution is 2.55. The van der Waals surface area contributed by atoms with Crippen LogP contribution in [0.4, 0.5) is 0 Å². The minimum Gasteiger partial charge on any atom is -0.349 e. The number of hydrogen-bond donors (Lipinski definition) is 3. The SMILES string of the molecule is CC(C)[C@H](N)C(=O)NCC(=O)NC12CC3CC(CC(C3)C1)C2. The molecular formula is C17H29N3O2. The van der Waals surface area contributed by atoms with Gasteiger partial charge in [0.15, 0.2) is 0 Å². The Bertz CT molecular complexity index is 426. The molecule has 0 aromatic heterocycles. The molecule has 1 atom stereocenters. The van der Waals surface area contributed by atoms with E-state index in [0.29, 0.717) is 0 Å². The van der Waals surface area contributed by atoms with Gasteiger partial charge in [-0.05, 0) is 62.2 Å². The Kier molecular flexibility index (Phi) is 4.19. The van der Waals surface area contributed by atoms with Crippen molar-refractivity contribution in [1.82, 2.24) is 10.6 Å². The molecule has 4 rings (SSSR count).